The number of ketones is 1. The molecule has 1 aliphatic rings. The summed E-state index contributed by atoms with van der Waals surface area (Å²) in [5.41, 5.74) is 0.728. The van der Waals surface area contributed by atoms with Crippen molar-refractivity contribution in [3.63, 3.8) is 0 Å². The lowest BCUT2D eigenvalue weighted by Gasteiger charge is -2.33. The second kappa shape index (κ2) is 9.20. The third kappa shape index (κ3) is 5.03. The van der Waals surface area contributed by atoms with Crippen LogP contribution in [0.3, 0.4) is 0 Å². The minimum atomic E-state index is -3.71. The number of nitrogens with zero attached hydrogens (tertiary/aromatic N) is 2. The Morgan fingerprint density at radius 2 is 1.67 bits per heavy atom. The number of carbonyl (C=O) groups excluding carboxylic acids is 2. The highest BCUT2D eigenvalue weighted by molar-refractivity contribution is 9.10. The predicted molar refractivity (Wildman–Crippen MR) is 115 cm³/mol. The lowest BCUT2D eigenvalue weighted by molar-refractivity contribution is -0.127. The van der Waals surface area contributed by atoms with Gasteiger partial charge in [-0.1, -0.05) is 28.1 Å². The number of sulfonamides is 1. The first-order valence-corrected chi connectivity index (χ1v) is 11.4. The number of piperazine rings is 1. The van der Waals surface area contributed by atoms with E-state index < -0.39 is 15.8 Å². The van der Waals surface area contributed by atoms with Gasteiger partial charge < -0.3 is 4.90 Å². The van der Waals surface area contributed by atoms with Crippen LogP contribution in [-0.4, -0.2) is 55.5 Å². The standard InChI is InChI=1S/C21H20BrFN2O4S/c1-15(26)16-2-6-19(7-3-16)30(28,29)25-12-10-24(11-13-25)21(27)9-4-17-14-18(22)5-8-20(17)23/h2-9,14H,10-13H2,1H3. The summed E-state index contributed by atoms with van der Waals surface area (Å²) >= 11 is 3.26. The van der Waals surface area contributed by atoms with E-state index >= 15 is 0 Å². The van der Waals surface area contributed by atoms with Gasteiger partial charge in [0.1, 0.15) is 5.82 Å². The Kier molecular flexibility index (Phi) is 6.84. The van der Waals surface area contributed by atoms with Gasteiger partial charge in [0.2, 0.25) is 15.9 Å². The SMILES string of the molecule is CC(=O)c1ccc(S(=O)(=O)N2CCN(C(=O)C=Cc3cc(Br)ccc3F)CC2)cc1. The quantitative estimate of drug-likeness (QED) is 0.471. The second-order valence-electron chi connectivity index (χ2n) is 6.81. The first kappa shape index (κ1) is 22.3. The number of benzene rings is 2. The van der Waals surface area contributed by atoms with Crippen LogP contribution in [0.15, 0.2) is 57.9 Å². The smallest absolute Gasteiger partial charge is 0.246 e. The Labute approximate surface area is 183 Å². The summed E-state index contributed by atoms with van der Waals surface area (Å²) in [6.07, 6.45) is 2.69. The van der Waals surface area contributed by atoms with E-state index in [2.05, 4.69) is 15.9 Å². The van der Waals surface area contributed by atoms with Gasteiger partial charge in [-0.3, -0.25) is 9.59 Å². The zero-order valence-corrected chi connectivity index (χ0v) is 18.6. The molecule has 0 bridgehead atoms. The molecular formula is C21H20BrFN2O4S. The summed E-state index contributed by atoms with van der Waals surface area (Å²) in [5.74, 6) is -0.881. The van der Waals surface area contributed by atoms with Crippen LogP contribution in [0.25, 0.3) is 6.08 Å². The van der Waals surface area contributed by atoms with E-state index in [4.69, 9.17) is 0 Å². The molecule has 1 fully saturated rings. The van der Waals surface area contributed by atoms with Gasteiger partial charge in [-0.25, -0.2) is 12.8 Å². The van der Waals surface area contributed by atoms with Crippen LogP contribution < -0.4 is 0 Å². The third-order valence-electron chi connectivity index (χ3n) is 4.81. The molecule has 0 atom stereocenters. The van der Waals surface area contributed by atoms with E-state index in [-0.39, 0.29) is 48.3 Å². The third-order valence-corrected chi connectivity index (χ3v) is 7.22. The van der Waals surface area contributed by atoms with E-state index in [1.54, 1.807) is 12.1 Å². The van der Waals surface area contributed by atoms with Crippen molar-refractivity contribution in [1.29, 1.82) is 0 Å². The summed E-state index contributed by atoms with van der Waals surface area (Å²) in [5, 5.41) is 0. The average Bonchev–Trinajstić information content (AvgIpc) is 2.74. The predicted octanol–water partition coefficient (Wildman–Crippen LogP) is 3.34. The van der Waals surface area contributed by atoms with Crippen molar-refractivity contribution in [3.05, 3.63) is 70.0 Å². The molecule has 158 valence electrons. The zero-order chi connectivity index (χ0) is 21.9. The number of hydrogen-bond acceptors (Lipinski definition) is 4. The number of carbonyl (C=O) groups is 2. The molecule has 0 unspecified atom stereocenters. The fourth-order valence-corrected chi connectivity index (χ4v) is 4.87. The van der Waals surface area contributed by atoms with Crippen LogP contribution in [0.2, 0.25) is 0 Å². The van der Waals surface area contributed by atoms with E-state index in [1.807, 2.05) is 0 Å². The molecular weight excluding hydrogens is 475 g/mol. The Morgan fingerprint density at radius 3 is 2.27 bits per heavy atom. The van der Waals surface area contributed by atoms with Crippen molar-refractivity contribution in [2.45, 2.75) is 11.8 Å². The average molecular weight is 495 g/mol. The highest BCUT2D eigenvalue weighted by Gasteiger charge is 2.29. The molecule has 1 saturated heterocycles. The highest BCUT2D eigenvalue weighted by atomic mass is 79.9. The van der Waals surface area contributed by atoms with Crippen molar-refractivity contribution < 1.29 is 22.4 Å². The fourth-order valence-electron chi connectivity index (χ4n) is 3.07. The van der Waals surface area contributed by atoms with E-state index in [9.17, 15) is 22.4 Å². The van der Waals surface area contributed by atoms with Crippen LogP contribution in [-0.2, 0) is 14.8 Å². The summed E-state index contributed by atoms with van der Waals surface area (Å²) in [7, 11) is -3.71. The number of amides is 1. The topological polar surface area (TPSA) is 74.8 Å². The maximum Gasteiger partial charge on any atom is 0.246 e. The maximum absolute atomic E-state index is 13.8. The fraction of sp³-hybridized carbons (Fsp3) is 0.238. The molecule has 2 aromatic rings. The number of rotatable bonds is 5. The lowest BCUT2D eigenvalue weighted by atomic mass is 10.2. The van der Waals surface area contributed by atoms with Crippen LogP contribution in [0.1, 0.15) is 22.8 Å². The van der Waals surface area contributed by atoms with E-state index in [1.165, 1.54) is 58.6 Å². The molecule has 1 heterocycles. The molecule has 0 radical (unpaired) electrons. The van der Waals surface area contributed by atoms with Crippen molar-refractivity contribution in [2.75, 3.05) is 26.2 Å². The van der Waals surface area contributed by atoms with Gasteiger partial charge in [-0.05, 0) is 43.3 Å². The Hall–Kier alpha value is -2.36. The van der Waals surface area contributed by atoms with E-state index in [0.717, 1.165) is 0 Å². The minimum absolute atomic E-state index is 0.109. The van der Waals surface area contributed by atoms with E-state index in [0.29, 0.717) is 10.0 Å². The van der Waals surface area contributed by atoms with Crippen molar-refractivity contribution in [3.8, 4) is 0 Å². The molecule has 9 heteroatoms. The Balaban J connectivity index is 1.63. The number of Topliss-reactive ketones (excluding diaryl/α,β-unsaturated/α-hetero) is 1. The molecule has 0 saturated carbocycles. The lowest BCUT2D eigenvalue weighted by Crippen LogP contribution is -2.50. The molecule has 1 aliphatic heterocycles. The zero-order valence-electron chi connectivity index (χ0n) is 16.2. The summed E-state index contributed by atoms with van der Waals surface area (Å²) in [4.78, 5) is 25.4. The number of hydrogen-bond donors (Lipinski definition) is 0. The van der Waals surface area contributed by atoms with Crippen LogP contribution >= 0.6 is 15.9 Å². The molecule has 0 aliphatic carbocycles. The van der Waals surface area contributed by atoms with Gasteiger partial charge in [-0.2, -0.15) is 4.31 Å². The van der Waals surface area contributed by atoms with Gasteiger partial charge in [0, 0.05) is 47.9 Å². The highest BCUT2D eigenvalue weighted by Crippen LogP contribution is 2.20. The van der Waals surface area contributed by atoms with Crippen LogP contribution in [0, 0.1) is 5.82 Å². The molecule has 3 rings (SSSR count). The second-order valence-corrected chi connectivity index (χ2v) is 9.66. The molecule has 1 amide bonds. The van der Waals surface area contributed by atoms with Crippen molar-refractivity contribution >= 4 is 43.7 Å². The van der Waals surface area contributed by atoms with Gasteiger partial charge in [0.15, 0.2) is 5.78 Å². The number of halogens is 2. The summed E-state index contributed by atoms with van der Waals surface area (Å²) in [6.45, 7) is 2.19. The normalized spacial score (nSPS) is 15.5. The van der Waals surface area contributed by atoms with Gasteiger partial charge >= 0.3 is 0 Å². The monoisotopic (exact) mass is 494 g/mol. The van der Waals surface area contributed by atoms with Gasteiger partial charge in [0.05, 0.1) is 4.90 Å². The maximum atomic E-state index is 13.8. The first-order chi connectivity index (χ1) is 14.2. The molecule has 2 aromatic carbocycles. The molecule has 0 spiro atoms. The Bertz CT molecular complexity index is 1090. The van der Waals surface area contributed by atoms with Crippen molar-refractivity contribution in [2.24, 2.45) is 0 Å². The minimum Gasteiger partial charge on any atom is -0.337 e. The molecule has 0 N–H and O–H groups in total. The molecule has 30 heavy (non-hydrogen) atoms. The Morgan fingerprint density at radius 1 is 1.03 bits per heavy atom. The molecule has 6 nitrogen and oxygen atoms in total. The van der Waals surface area contributed by atoms with Gasteiger partial charge in [0.25, 0.3) is 0 Å². The largest absolute Gasteiger partial charge is 0.337 e. The first-order valence-electron chi connectivity index (χ1n) is 9.21. The molecule has 0 aromatic heterocycles. The van der Waals surface area contributed by atoms with Crippen LogP contribution in [0.4, 0.5) is 4.39 Å². The summed E-state index contributed by atoms with van der Waals surface area (Å²) < 4.78 is 41.4. The van der Waals surface area contributed by atoms with Crippen LogP contribution in [0.5, 0.6) is 0 Å². The summed E-state index contributed by atoms with van der Waals surface area (Å²) in [6, 6.07) is 10.3. The van der Waals surface area contributed by atoms with Gasteiger partial charge in [-0.15, -0.1) is 0 Å². The van der Waals surface area contributed by atoms with Crippen molar-refractivity contribution in [1.82, 2.24) is 9.21 Å².